The summed E-state index contributed by atoms with van der Waals surface area (Å²) < 4.78 is 4.93. The predicted octanol–water partition coefficient (Wildman–Crippen LogP) is 3.98. The Balaban J connectivity index is 1.78. The second kappa shape index (κ2) is 5.73. The van der Waals surface area contributed by atoms with Crippen LogP contribution in [0.15, 0.2) is 34.2 Å². The zero-order chi connectivity index (χ0) is 15.7. The van der Waals surface area contributed by atoms with Crippen molar-refractivity contribution in [2.45, 2.75) is 20.8 Å². The fourth-order valence-corrected chi connectivity index (χ4v) is 2.71. The van der Waals surface area contributed by atoms with Crippen LogP contribution in [0.25, 0.3) is 11.3 Å². The van der Waals surface area contributed by atoms with E-state index < -0.39 is 0 Å². The first-order valence-electron chi connectivity index (χ1n) is 6.81. The molecular formula is C16H15N3O2S. The highest BCUT2D eigenvalue weighted by atomic mass is 32.1. The van der Waals surface area contributed by atoms with E-state index in [1.165, 1.54) is 22.5 Å². The summed E-state index contributed by atoms with van der Waals surface area (Å²) >= 11 is 1.38. The van der Waals surface area contributed by atoms with E-state index in [-0.39, 0.29) is 11.7 Å². The number of rotatable bonds is 3. The van der Waals surface area contributed by atoms with E-state index >= 15 is 0 Å². The Morgan fingerprint density at radius 1 is 1.18 bits per heavy atom. The molecule has 1 N–H and O–H groups in total. The summed E-state index contributed by atoms with van der Waals surface area (Å²) in [7, 11) is 0. The Kier molecular flexibility index (Phi) is 3.77. The number of hydrogen-bond donors (Lipinski definition) is 1. The average molecular weight is 313 g/mol. The van der Waals surface area contributed by atoms with E-state index in [9.17, 15) is 4.79 Å². The molecule has 3 aromatic rings. The van der Waals surface area contributed by atoms with Crippen LogP contribution < -0.4 is 5.32 Å². The number of aryl methyl sites for hydroxylation is 3. The fourth-order valence-electron chi connectivity index (χ4n) is 1.99. The number of carbonyl (C=O) groups is 1. The van der Waals surface area contributed by atoms with Gasteiger partial charge in [0.05, 0.1) is 11.4 Å². The topological polar surface area (TPSA) is 68.0 Å². The zero-order valence-electron chi connectivity index (χ0n) is 12.5. The van der Waals surface area contributed by atoms with E-state index in [2.05, 4.69) is 41.4 Å². The standard InChI is InChI=1S/C16H15N3O2S/c1-9-4-5-12(6-10(9)2)13-8-22-16(17-13)18-15(20)14-7-11(3)19-21-14/h4-8H,1-3H3,(H,17,18,20). The van der Waals surface area contributed by atoms with Crippen LogP contribution in [0.3, 0.4) is 0 Å². The van der Waals surface area contributed by atoms with E-state index in [0.717, 1.165) is 11.3 Å². The lowest BCUT2D eigenvalue weighted by Gasteiger charge is -2.02. The minimum atomic E-state index is -0.346. The maximum atomic E-state index is 12.0. The molecule has 2 heterocycles. The Bertz CT molecular complexity index is 836. The van der Waals surface area contributed by atoms with E-state index in [4.69, 9.17) is 4.52 Å². The quantitative estimate of drug-likeness (QED) is 0.794. The number of nitrogens with one attached hydrogen (secondary N) is 1. The highest BCUT2D eigenvalue weighted by Gasteiger charge is 2.14. The van der Waals surface area contributed by atoms with Gasteiger partial charge in [-0.3, -0.25) is 10.1 Å². The molecule has 0 aliphatic rings. The lowest BCUT2D eigenvalue weighted by Crippen LogP contribution is -2.10. The van der Waals surface area contributed by atoms with Crippen molar-refractivity contribution in [3.63, 3.8) is 0 Å². The van der Waals surface area contributed by atoms with Gasteiger partial charge in [-0.05, 0) is 38.0 Å². The maximum Gasteiger partial charge on any atom is 0.296 e. The molecule has 0 saturated carbocycles. The van der Waals surface area contributed by atoms with Crippen molar-refractivity contribution in [1.29, 1.82) is 0 Å². The second-order valence-corrected chi connectivity index (χ2v) is 5.98. The first-order chi connectivity index (χ1) is 10.5. The van der Waals surface area contributed by atoms with Gasteiger partial charge in [-0.2, -0.15) is 0 Å². The van der Waals surface area contributed by atoms with Gasteiger partial charge >= 0.3 is 0 Å². The second-order valence-electron chi connectivity index (χ2n) is 5.12. The van der Waals surface area contributed by atoms with Crippen LogP contribution in [0, 0.1) is 20.8 Å². The molecule has 0 atom stereocenters. The minimum Gasteiger partial charge on any atom is -0.351 e. The van der Waals surface area contributed by atoms with Gasteiger partial charge in [0, 0.05) is 17.0 Å². The molecule has 22 heavy (non-hydrogen) atoms. The molecule has 2 aromatic heterocycles. The summed E-state index contributed by atoms with van der Waals surface area (Å²) in [5.74, 6) is -0.165. The Morgan fingerprint density at radius 3 is 2.68 bits per heavy atom. The first-order valence-corrected chi connectivity index (χ1v) is 7.69. The summed E-state index contributed by atoms with van der Waals surface area (Å²) in [6.07, 6.45) is 0. The van der Waals surface area contributed by atoms with Crippen LogP contribution in [0.1, 0.15) is 27.4 Å². The highest BCUT2D eigenvalue weighted by Crippen LogP contribution is 2.26. The van der Waals surface area contributed by atoms with Crippen LogP contribution in [-0.2, 0) is 0 Å². The summed E-state index contributed by atoms with van der Waals surface area (Å²) in [4.78, 5) is 16.4. The molecule has 5 nitrogen and oxygen atoms in total. The van der Waals surface area contributed by atoms with Gasteiger partial charge in [-0.25, -0.2) is 4.98 Å². The summed E-state index contributed by atoms with van der Waals surface area (Å²) in [5.41, 5.74) is 5.01. The lowest BCUT2D eigenvalue weighted by molar-refractivity contribution is 0.0988. The molecular weight excluding hydrogens is 298 g/mol. The summed E-state index contributed by atoms with van der Waals surface area (Å²) in [6.45, 7) is 5.91. The highest BCUT2D eigenvalue weighted by molar-refractivity contribution is 7.14. The van der Waals surface area contributed by atoms with Crippen LogP contribution in [-0.4, -0.2) is 16.0 Å². The number of benzene rings is 1. The van der Waals surface area contributed by atoms with Crippen molar-refractivity contribution in [1.82, 2.24) is 10.1 Å². The van der Waals surface area contributed by atoms with Gasteiger partial charge in [0.25, 0.3) is 5.91 Å². The molecule has 112 valence electrons. The summed E-state index contributed by atoms with van der Waals surface area (Å²) in [6, 6.07) is 7.78. The SMILES string of the molecule is Cc1cc(C(=O)Nc2nc(-c3ccc(C)c(C)c3)cs2)on1. The maximum absolute atomic E-state index is 12.0. The van der Waals surface area contributed by atoms with Gasteiger partial charge < -0.3 is 4.52 Å². The van der Waals surface area contributed by atoms with Gasteiger partial charge in [-0.15, -0.1) is 11.3 Å². The molecule has 0 aliphatic carbocycles. The van der Waals surface area contributed by atoms with Crippen molar-refractivity contribution in [3.05, 3.63) is 52.2 Å². The molecule has 1 amide bonds. The molecule has 0 aliphatic heterocycles. The molecule has 1 aromatic carbocycles. The van der Waals surface area contributed by atoms with Crippen LogP contribution in [0.5, 0.6) is 0 Å². The van der Waals surface area contributed by atoms with Gasteiger partial charge in [0.15, 0.2) is 5.13 Å². The third-order valence-electron chi connectivity index (χ3n) is 3.38. The van der Waals surface area contributed by atoms with Crippen molar-refractivity contribution in [3.8, 4) is 11.3 Å². The minimum absolute atomic E-state index is 0.181. The molecule has 0 spiro atoms. The monoisotopic (exact) mass is 313 g/mol. The largest absolute Gasteiger partial charge is 0.351 e. The average Bonchev–Trinajstić information content (AvgIpc) is 3.11. The number of amides is 1. The predicted molar refractivity (Wildman–Crippen MR) is 86.2 cm³/mol. The van der Waals surface area contributed by atoms with Crippen LogP contribution in [0.4, 0.5) is 5.13 Å². The van der Waals surface area contributed by atoms with Gasteiger partial charge in [0.2, 0.25) is 5.76 Å². The summed E-state index contributed by atoms with van der Waals surface area (Å²) in [5, 5.41) is 8.88. The number of hydrogen-bond acceptors (Lipinski definition) is 5. The number of thiazole rings is 1. The van der Waals surface area contributed by atoms with E-state index in [1.54, 1.807) is 13.0 Å². The van der Waals surface area contributed by atoms with Crippen molar-refractivity contribution in [2.24, 2.45) is 0 Å². The van der Waals surface area contributed by atoms with Crippen LogP contribution in [0.2, 0.25) is 0 Å². The fraction of sp³-hybridized carbons (Fsp3) is 0.188. The molecule has 0 bridgehead atoms. The smallest absolute Gasteiger partial charge is 0.296 e. The molecule has 6 heteroatoms. The number of carbonyl (C=O) groups excluding carboxylic acids is 1. The lowest BCUT2D eigenvalue weighted by atomic mass is 10.1. The number of nitrogens with zero attached hydrogens (tertiary/aromatic N) is 2. The molecule has 0 radical (unpaired) electrons. The van der Waals surface area contributed by atoms with Crippen molar-refractivity contribution >= 4 is 22.4 Å². The zero-order valence-corrected chi connectivity index (χ0v) is 13.3. The van der Waals surface area contributed by atoms with Crippen molar-refractivity contribution in [2.75, 3.05) is 5.32 Å². The molecule has 0 saturated heterocycles. The normalized spacial score (nSPS) is 10.7. The third-order valence-corrected chi connectivity index (χ3v) is 4.14. The molecule has 0 unspecified atom stereocenters. The molecule has 0 fully saturated rings. The van der Waals surface area contributed by atoms with Gasteiger partial charge in [0.1, 0.15) is 0 Å². The van der Waals surface area contributed by atoms with E-state index in [0.29, 0.717) is 10.8 Å². The Morgan fingerprint density at radius 2 is 2.00 bits per heavy atom. The third kappa shape index (κ3) is 2.92. The molecule has 3 rings (SSSR count). The number of aromatic nitrogens is 2. The van der Waals surface area contributed by atoms with Crippen LogP contribution >= 0.6 is 11.3 Å². The van der Waals surface area contributed by atoms with E-state index in [1.807, 2.05) is 11.4 Å². The van der Waals surface area contributed by atoms with Gasteiger partial charge in [-0.1, -0.05) is 17.3 Å². The Labute approximate surface area is 132 Å². The Hall–Kier alpha value is -2.47. The van der Waals surface area contributed by atoms with Crippen molar-refractivity contribution < 1.29 is 9.32 Å². The first kappa shape index (κ1) is 14.5. The number of anilines is 1.